The summed E-state index contributed by atoms with van der Waals surface area (Å²) in [6, 6.07) is 6.69. The number of nitrogens with zero attached hydrogens (tertiary/aromatic N) is 6. The summed E-state index contributed by atoms with van der Waals surface area (Å²) >= 11 is 5.20. The molecule has 3 heterocycles. The van der Waals surface area contributed by atoms with Gasteiger partial charge in [0.05, 0.1) is 19.0 Å². The number of nitrogens with one attached hydrogen (secondary N) is 2. The van der Waals surface area contributed by atoms with Crippen molar-refractivity contribution in [2.45, 2.75) is 0 Å². The first-order valence-corrected chi connectivity index (χ1v) is 10.2. The fourth-order valence-electron chi connectivity index (χ4n) is 3.40. The molecule has 0 aliphatic carbocycles. The van der Waals surface area contributed by atoms with E-state index < -0.39 is 22.7 Å². The number of hydrazone groups is 1. The van der Waals surface area contributed by atoms with Crippen molar-refractivity contribution >= 4 is 35.5 Å². The molecule has 1 aromatic carbocycles. The van der Waals surface area contributed by atoms with Crippen molar-refractivity contribution in [1.29, 1.82) is 0 Å². The van der Waals surface area contributed by atoms with E-state index in [1.807, 2.05) is 0 Å². The van der Waals surface area contributed by atoms with Crippen molar-refractivity contribution in [3.8, 4) is 17.3 Å². The van der Waals surface area contributed by atoms with E-state index in [2.05, 4.69) is 20.5 Å². The molecule has 34 heavy (non-hydrogen) atoms. The summed E-state index contributed by atoms with van der Waals surface area (Å²) in [6.45, 7) is 0. The van der Waals surface area contributed by atoms with Gasteiger partial charge in [0.1, 0.15) is 11.3 Å². The highest BCUT2D eigenvalue weighted by Crippen LogP contribution is 2.21. The number of aromatic amines is 1. The second-order valence-corrected chi connectivity index (χ2v) is 7.66. The van der Waals surface area contributed by atoms with E-state index in [1.165, 1.54) is 34.9 Å². The van der Waals surface area contributed by atoms with Gasteiger partial charge in [-0.05, 0) is 36.5 Å². The Morgan fingerprint density at radius 1 is 1.12 bits per heavy atom. The van der Waals surface area contributed by atoms with Crippen molar-refractivity contribution in [2.24, 2.45) is 26.2 Å². The van der Waals surface area contributed by atoms with Gasteiger partial charge >= 0.3 is 5.69 Å². The number of hydrogen-bond donors (Lipinski definition) is 3. The second kappa shape index (κ2) is 8.47. The van der Waals surface area contributed by atoms with Gasteiger partial charge in [0.15, 0.2) is 15.9 Å². The topological polar surface area (TPSA) is 153 Å². The third kappa shape index (κ3) is 3.59. The van der Waals surface area contributed by atoms with Gasteiger partial charge < -0.3 is 14.4 Å². The second-order valence-electron chi connectivity index (χ2n) is 7.27. The van der Waals surface area contributed by atoms with E-state index >= 15 is 0 Å². The lowest BCUT2D eigenvalue weighted by Crippen LogP contribution is -2.37. The van der Waals surface area contributed by atoms with E-state index in [1.54, 1.807) is 31.3 Å². The Bertz CT molecular complexity index is 1690. The van der Waals surface area contributed by atoms with Crippen LogP contribution in [-0.2, 0) is 21.1 Å². The molecule has 14 heteroatoms. The number of aromatic hydroxyl groups is 1. The first kappa shape index (κ1) is 22.7. The molecule has 0 saturated heterocycles. The van der Waals surface area contributed by atoms with Crippen molar-refractivity contribution in [1.82, 2.24) is 28.2 Å². The largest absolute Gasteiger partial charge is 0.497 e. The first-order valence-electron chi connectivity index (χ1n) is 9.80. The number of rotatable bonds is 5. The molecule has 0 aliphatic rings. The van der Waals surface area contributed by atoms with Crippen LogP contribution in [-0.4, -0.2) is 46.7 Å². The van der Waals surface area contributed by atoms with Gasteiger partial charge in [-0.3, -0.25) is 28.3 Å². The number of anilines is 1. The van der Waals surface area contributed by atoms with Crippen LogP contribution < -0.4 is 27.0 Å². The van der Waals surface area contributed by atoms with Gasteiger partial charge in [0, 0.05) is 21.1 Å². The van der Waals surface area contributed by atoms with E-state index in [4.69, 9.17) is 17.0 Å². The van der Waals surface area contributed by atoms with Gasteiger partial charge in [0.2, 0.25) is 11.8 Å². The molecular weight excluding hydrogens is 464 g/mol. The van der Waals surface area contributed by atoms with Crippen molar-refractivity contribution in [3.63, 3.8) is 0 Å². The molecule has 0 radical (unpaired) electrons. The summed E-state index contributed by atoms with van der Waals surface area (Å²) in [4.78, 5) is 43.8. The SMILES string of the molecule is COc1ccc(-n2c(O)c(C=NNc3nc4c(c(=O)n(C)c(=O)n4C)n3C)c(=O)[nH]c2=S)cc1. The van der Waals surface area contributed by atoms with Gasteiger partial charge in [-0.1, -0.05) is 0 Å². The fraction of sp³-hybridized carbons (Fsp3) is 0.200. The van der Waals surface area contributed by atoms with E-state index in [0.717, 1.165) is 10.8 Å². The number of aryl methyl sites for hydroxylation is 2. The van der Waals surface area contributed by atoms with E-state index in [0.29, 0.717) is 11.4 Å². The molecular formula is C20H20N8O5S. The Balaban J connectivity index is 1.74. The predicted molar refractivity (Wildman–Crippen MR) is 128 cm³/mol. The smallest absolute Gasteiger partial charge is 0.332 e. The number of H-pyrrole nitrogens is 1. The van der Waals surface area contributed by atoms with E-state index in [-0.39, 0.29) is 27.4 Å². The van der Waals surface area contributed by atoms with Crippen LogP contribution in [0.25, 0.3) is 16.9 Å². The molecule has 0 spiro atoms. The minimum atomic E-state index is -0.654. The minimum absolute atomic E-state index is 0.00936. The van der Waals surface area contributed by atoms with Crippen LogP contribution in [0.5, 0.6) is 11.6 Å². The number of hydrogen-bond acceptors (Lipinski definition) is 9. The van der Waals surface area contributed by atoms with Crippen LogP contribution in [0.15, 0.2) is 43.8 Å². The zero-order valence-corrected chi connectivity index (χ0v) is 19.4. The summed E-state index contributed by atoms with van der Waals surface area (Å²) < 4.78 is 10.0. The highest BCUT2D eigenvalue weighted by atomic mass is 32.1. The molecule has 176 valence electrons. The highest BCUT2D eigenvalue weighted by Gasteiger charge is 2.17. The molecule has 0 amide bonds. The quantitative estimate of drug-likeness (QED) is 0.208. The Morgan fingerprint density at radius 2 is 1.79 bits per heavy atom. The predicted octanol–water partition coefficient (Wildman–Crippen LogP) is 0.339. The van der Waals surface area contributed by atoms with Crippen molar-refractivity contribution in [3.05, 3.63) is 65.8 Å². The molecule has 0 atom stereocenters. The molecule has 4 rings (SSSR count). The highest BCUT2D eigenvalue weighted by molar-refractivity contribution is 7.71. The summed E-state index contributed by atoms with van der Waals surface area (Å²) in [5.74, 6) is 0.328. The zero-order valence-electron chi connectivity index (χ0n) is 18.6. The van der Waals surface area contributed by atoms with Gasteiger partial charge in [-0.25, -0.2) is 10.2 Å². The van der Waals surface area contributed by atoms with Crippen LogP contribution in [0.1, 0.15) is 5.56 Å². The summed E-state index contributed by atoms with van der Waals surface area (Å²) in [5, 5.41) is 14.7. The minimum Gasteiger partial charge on any atom is -0.497 e. The fourth-order valence-corrected chi connectivity index (χ4v) is 3.68. The van der Waals surface area contributed by atoms with Crippen molar-refractivity contribution in [2.75, 3.05) is 12.5 Å². The Labute approximate surface area is 195 Å². The number of imidazole rings is 1. The molecule has 4 aromatic rings. The third-order valence-electron chi connectivity index (χ3n) is 5.29. The summed E-state index contributed by atoms with van der Waals surface area (Å²) in [6.07, 6.45) is 1.10. The number of aromatic nitrogens is 6. The van der Waals surface area contributed by atoms with Gasteiger partial charge in [-0.15, -0.1) is 0 Å². The van der Waals surface area contributed by atoms with Crippen LogP contribution in [0.3, 0.4) is 0 Å². The lowest BCUT2D eigenvalue weighted by atomic mass is 10.2. The Kier molecular flexibility index (Phi) is 5.66. The monoisotopic (exact) mass is 484 g/mol. The zero-order chi connectivity index (χ0) is 24.7. The molecule has 13 nitrogen and oxygen atoms in total. The van der Waals surface area contributed by atoms with E-state index in [9.17, 15) is 19.5 Å². The third-order valence-corrected chi connectivity index (χ3v) is 5.57. The summed E-state index contributed by atoms with van der Waals surface area (Å²) in [5.41, 5.74) is 1.63. The molecule has 0 bridgehead atoms. The van der Waals surface area contributed by atoms with Crippen LogP contribution in [0.2, 0.25) is 0 Å². The molecule has 3 aromatic heterocycles. The van der Waals surface area contributed by atoms with Crippen LogP contribution in [0, 0.1) is 4.77 Å². The molecule has 3 N–H and O–H groups in total. The van der Waals surface area contributed by atoms with Crippen LogP contribution in [0.4, 0.5) is 5.95 Å². The maximum atomic E-state index is 12.5. The lowest BCUT2D eigenvalue weighted by Gasteiger charge is -2.11. The number of benzene rings is 1. The molecule has 0 aliphatic heterocycles. The maximum absolute atomic E-state index is 12.5. The van der Waals surface area contributed by atoms with Crippen molar-refractivity contribution < 1.29 is 9.84 Å². The number of fused-ring (bicyclic) bond motifs is 1. The number of methoxy groups -OCH3 is 1. The lowest BCUT2D eigenvalue weighted by molar-refractivity contribution is 0.414. The molecule has 0 saturated carbocycles. The molecule has 0 fully saturated rings. The van der Waals surface area contributed by atoms with Gasteiger partial charge in [-0.2, -0.15) is 10.1 Å². The molecule has 0 unspecified atom stereocenters. The van der Waals surface area contributed by atoms with Gasteiger partial charge in [0.25, 0.3) is 11.1 Å². The average molecular weight is 484 g/mol. The number of ether oxygens (including phenoxy) is 1. The summed E-state index contributed by atoms with van der Waals surface area (Å²) in [7, 11) is 5.98. The Morgan fingerprint density at radius 3 is 2.44 bits per heavy atom. The average Bonchev–Trinajstić information content (AvgIpc) is 3.15. The standard InChI is InChI=1S/C20H20N8O5S/c1-25-13-14(26(2)20(32)27(3)17(13)31)22-18(25)24-21-9-12-15(29)23-19(34)28(16(12)30)10-5-7-11(33-4)8-6-10/h5-9,30H,1-4H3,(H,22,24)(H,23,29,34). The van der Waals surface area contributed by atoms with Crippen LogP contribution >= 0.6 is 12.2 Å². The Hall–Kier alpha value is -4.46. The normalized spacial score (nSPS) is 11.4. The maximum Gasteiger partial charge on any atom is 0.332 e. The first-order chi connectivity index (χ1) is 16.1.